The summed E-state index contributed by atoms with van der Waals surface area (Å²) in [6.07, 6.45) is 8.84. The van der Waals surface area contributed by atoms with E-state index in [9.17, 15) is 4.79 Å². The fraction of sp³-hybridized carbons (Fsp3) is 0.929. The van der Waals surface area contributed by atoms with Gasteiger partial charge in [0.15, 0.2) is 0 Å². The molecular weight excluding hydrogens is 214 g/mol. The van der Waals surface area contributed by atoms with Gasteiger partial charge in [-0.05, 0) is 50.4 Å². The van der Waals surface area contributed by atoms with E-state index in [0.29, 0.717) is 30.4 Å². The highest BCUT2D eigenvalue weighted by atomic mass is 16.3. The lowest BCUT2D eigenvalue weighted by Gasteiger charge is -2.35. The summed E-state index contributed by atoms with van der Waals surface area (Å²) in [5, 5.41) is 9.10. The highest BCUT2D eigenvalue weighted by Crippen LogP contribution is 2.31. The predicted octanol–water partition coefficient (Wildman–Crippen LogP) is 2.19. The van der Waals surface area contributed by atoms with Crippen molar-refractivity contribution in [1.82, 2.24) is 4.90 Å². The molecule has 0 aromatic rings. The SMILES string of the molecule is CN(C(=O)CC1CCC1)C1CCC(CO)CC1. The quantitative estimate of drug-likeness (QED) is 0.817. The van der Waals surface area contributed by atoms with Crippen molar-refractivity contribution in [3.05, 3.63) is 0 Å². The van der Waals surface area contributed by atoms with Gasteiger partial charge in [-0.25, -0.2) is 0 Å². The molecule has 0 aromatic carbocycles. The Bertz CT molecular complexity index is 255. The Labute approximate surface area is 104 Å². The molecule has 0 spiro atoms. The molecule has 0 aliphatic heterocycles. The Morgan fingerprint density at radius 1 is 1.12 bits per heavy atom. The van der Waals surface area contributed by atoms with Crippen molar-refractivity contribution in [2.45, 2.75) is 57.4 Å². The maximum absolute atomic E-state index is 12.1. The summed E-state index contributed by atoms with van der Waals surface area (Å²) in [6, 6.07) is 0.422. The van der Waals surface area contributed by atoms with E-state index in [4.69, 9.17) is 5.11 Å². The molecule has 2 aliphatic carbocycles. The molecule has 2 rings (SSSR count). The zero-order valence-corrected chi connectivity index (χ0v) is 10.9. The first kappa shape index (κ1) is 12.9. The molecule has 1 amide bonds. The van der Waals surface area contributed by atoms with Crippen LogP contribution in [0.25, 0.3) is 0 Å². The Hall–Kier alpha value is -0.570. The Kier molecular flexibility index (Phi) is 4.43. The van der Waals surface area contributed by atoms with E-state index in [0.717, 1.165) is 32.1 Å². The van der Waals surface area contributed by atoms with Crippen molar-refractivity contribution in [3.8, 4) is 0 Å². The second-order valence-electron chi connectivity index (χ2n) is 5.86. The molecule has 0 atom stereocenters. The summed E-state index contributed by atoms with van der Waals surface area (Å²) in [7, 11) is 1.96. The van der Waals surface area contributed by atoms with Crippen LogP contribution in [-0.2, 0) is 4.79 Å². The zero-order chi connectivity index (χ0) is 12.3. The zero-order valence-electron chi connectivity index (χ0n) is 10.9. The van der Waals surface area contributed by atoms with Crippen LogP contribution in [0.3, 0.4) is 0 Å². The summed E-state index contributed by atoms with van der Waals surface area (Å²) >= 11 is 0. The Morgan fingerprint density at radius 3 is 2.24 bits per heavy atom. The minimum absolute atomic E-state index is 0.312. The first-order chi connectivity index (χ1) is 8.20. The second kappa shape index (κ2) is 5.85. The number of aliphatic hydroxyl groups excluding tert-OH is 1. The molecule has 0 saturated heterocycles. The van der Waals surface area contributed by atoms with Crippen molar-refractivity contribution >= 4 is 5.91 Å². The third-order valence-corrected chi connectivity index (χ3v) is 4.70. The van der Waals surface area contributed by atoms with E-state index >= 15 is 0 Å². The van der Waals surface area contributed by atoms with Gasteiger partial charge in [-0.15, -0.1) is 0 Å². The molecule has 98 valence electrons. The van der Waals surface area contributed by atoms with Gasteiger partial charge in [-0.1, -0.05) is 6.42 Å². The van der Waals surface area contributed by atoms with Crippen molar-refractivity contribution in [1.29, 1.82) is 0 Å². The van der Waals surface area contributed by atoms with Gasteiger partial charge in [0.1, 0.15) is 0 Å². The van der Waals surface area contributed by atoms with Gasteiger partial charge in [0.25, 0.3) is 0 Å². The Balaban J connectivity index is 1.75. The molecular formula is C14H25NO2. The van der Waals surface area contributed by atoms with E-state index in [-0.39, 0.29) is 0 Å². The van der Waals surface area contributed by atoms with Crippen molar-refractivity contribution in [3.63, 3.8) is 0 Å². The number of nitrogens with zero attached hydrogens (tertiary/aromatic N) is 1. The van der Waals surface area contributed by atoms with Crippen molar-refractivity contribution < 1.29 is 9.90 Å². The van der Waals surface area contributed by atoms with E-state index in [1.54, 1.807) is 0 Å². The molecule has 2 fully saturated rings. The molecule has 3 nitrogen and oxygen atoms in total. The van der Waals surface area contributed by atoms with Crippen LogP contribution in [-0.4, -0.2) is 35.6 Å². The van der Waals surface area contributed by atoms with Crippen LogP contribution in [0.1, 0.15) is 51.4 Å². The third-order valence-electron chi connectivity index (χ3n) is 4.70. The number of hydrogen-bond donors (Lipinski definition) is 1. The van der Waals surface area contributed by atoms with Crippen molar-refractivity contribution in [2.24, 2.45) is 11.8 Å². The molecule has 1 N–H and O–H groups in total. The lowest BCUT2D eigenvalue weighted by molar-refractivity contribution is -0.134. The van der Waals surface area contributed by atoms with Gasteiger partial charge < -0.3 is 10.0 Å². The molecule has 0 unspecified atom stereocenters. The van der Waals surface area contributed by atoms with Crippen LogP contribution in [0.5, 0.6) is 0 Å². The summed E-state index contributed by atoms with van der Waals surface area (Å²) < 4.78 is 0. The number of hydrogen-bond acceptors (Lipinski definition) is 2. The molecule has 0 radical (unpaired) electrons. The van der Waals surface area contributed by atoms with Gasteiger partial charge >= 0.3 is 0 Å². The highest BCUT2D eigenvalue weighted by molar-refractivity contribution is 5.76. The van der Waals surface area contributed by atoms with Gasteiger partial charge in [-0.2, -0.15) is 0 Å². The highest BCUT2D eigenvalue weighted by Gasteiger charge is 2.28. The third kappa shape index (κ3) is 3.21. The minimum Gasteiger partial charge on any atom is -0.396 e. The molecule has 17 heavy (non-hydrogen) atoms. The summed E-state index contributed by atoms with van der Waals surface area (Å²) in [4.78, 5) is 14.1. The second-order valence-corrected chi connectivity index (χ2v) is 5.86. The van der Waals surface area contributed by atoms with E-state index in [2.05, 4.69) is 0 Å². The number of carbonyl (C=O) groups is 1. The fourth-order valence-electron chi connectivity index (χ4n) is 3.01. The first-order valence-corrected chi connectivity index (χ1v) is 7.07. The van der Waals surface area contributed by atoms with E-state index < -0.39 is 0 Å². The fourth-order valence-corrected chi connectivity index (χ4v) is 3.01. The largest absolute Gasteiger partial charge is 0.396 e. The number of rotatable bonds is 4. The van der Waals surface area contributed by atoms with E-state index in [1.165, 1.54) is 19.3 Å². The van der Waals surface area contributed by atoms with Gasteiger partial charge in [0.05, 0.1) is 0 Å². The maximum Gasteiger partial charge on any atom is 0.222 e. The van der Waals surface area contributed by atoms with Crippen LogP contribution in [0.4, 0.5) is 0 Å². The molecule has 0 heterocycles. The van der Waals surface area contributed by atoms with Gasteiger partial charge in [0, 0.05) is 26.1 Å². The van der Waals surface area contributed by atoms with Crippen LogP contribution in [0, 0.1) is 11.8 Å². The first-order valence-electron chi connectivity index (χ1n) is 7.07. The monoisotopic (exact) mass is 239 g/mol. The van der Waals surface area contributed by atoms with Crippen LogP contribution >= 0.6 is 0 Å². The lowest BCUT2D eigenvalue weighted by atomic mass is 9.82. The summed E-state index contributed by atoms with van der Waals surface area (Å²) in [6.45, 7) is 0.312. The summed E-state index contributed by atoms with van der Waals surface area (Å²) in [5.41, 5.74) is 0. The normalized spacial score (nSPS) is 29.8. The Morgan fingerprint density at radius 2 is 1.76 bits per heavy atom. The lowest BCUT2D eigenvalue weighted by Crippen LogP contribution is -2.40. The summed E-state index contributed by atoms with van der Waals surface area (Å²) in [5.74, 6) is 1.47. The average molecular weight is 239 g/mol. The molecule has 0 aromatic heterocycles. The number of amides is 1. The smallest absolute Gasteiger partial charge is 0.222 e. The molecule has 2 aliphatic rings. The average Bonchev–Trinajstić information content (AvgIpc) is 2.32. The van der Waals surface area contributed by atoms with Crippen LogP contribution in [0.15, 0.2) is 0 Å². The predicted molar refractivity (Wildman–Crippen MR) is 67.6 cm³/mol. The van der Waals surface area contributed by atoms with Gasteiger partial charge in [-0.3, -0.25) is 4.79 Å². The molecule has 3 heteroatoms. The van der Waals surface area contributed by atoms with Crippen LogP contribution in [0.2, 0.25) is 0 Å². The molecule has 2 saturated carbocycles. The van der Waals surface area contributed by atoms with E-state index in [1.807, 2.05) is 11.9 Å². The minimum atomic E-state index is 0.312. The molecule has 0 bridgehead atoms. The maximum atomic E-state index is 12.1. The topological polar surface area (TPSA) is 40.5 Å². The van der Waals surface area contributed by atoms with Crippen LogP contribution < -0.4 is 0 Å². The van der Waals surface area contributed by atoms with Crippen molar-refractivity contribution in [2.75, 3.05) is 13.7 Å². The van der Waals surface area contributed by atoms with Gasteiger partial charge in [0.2, 0.25) is 5.91 Å². The number of aliphatic hydroxyl groups is 1. The standard InChI is InChI=1S/C14H25NO2/c1-15(14(17)9-11-3-2-4-11)13-7-5-12(10-16)6-8-13/h11-13,16H,2-10H2,1H3. The number of carbonyl (C=O) groups excluding carboxylic acids is 1.